The van der Waals surface area contributed by atoms with Gasteiger partial charge in [-0.1, -0.05) is 84.4 Å². The molecule has 0 aromatic heterocycles. The molecule has 2 aliphatic heterocycles. The number of fused-ring (bicyclic) bond motifs is 5. The van der Waals surface area contributed by atoms with E-state index in [1.165, 1.54) is 24.3 Å². The third kappa shape index (κ3) is 3.35. The van der Waals surface area contributed by atoms with Gasteiger partial charge in [0, 0.05) is 40.4 Å². The molecule has 2 heterocycles. The minimum atomic E-state index is -1.58. The molecule has 41 heavy (non-hydrogen) atoms. The molecule has 7 heteroatoms. The van der Waals surface area contributed by atoms with E-state index in [0.717, 1.165) is 16.8 Å². The van der Waals surface area contributed by atoms with E-state index >= 15 is 0 Å². The van der Waals surface area contributed by atoms with Gasteiger partial charge < -0.3 is 4.90 Å². The third-order valence-electron chi connectivity index (χ3n) is 8.78. The van der Waals surface area contributed by atoms with Crippen LogP contribution in [0, 0.1) is 22.5 Å². The van der Waals surface area contributed by atoms with E-state index in [-0.39, 0.29) is 28.6 Å². The second-order valence-corrected chi connectivity index (χ2v) is 10.8. The molecule has 4 aromatic carbocycles. The quantitative estimate of drug-likeness (QED) is 0.132. The maximum absolute atomic E-state index is 14.6. The highest BCUT2D eigenvalue weighted by atomic mass is 16.6. The average molecular weight is 541 g/mol. The Balaban J connectivity index is 1.52. The minimum Gasteiger partial charge on any atom is -0.352 e. The summed E-state index contributed by atoms with van der Waals surface area (Å²) in [6.07, 6.45) is 3.81. The highest BCUT2D eigenvalue weighted by molar-refractivity contribution is 6.32. The van der Waals surface area contributed by atoms with Gasteiger partial charge in [0.25, 0.3) is 5.69 Å². The summed E-state index contributed by atoms with van der Waals surface area (Å²) in [5.74, 6) is -1.71. The summed E-state index contributed by atoms with van der Waals surface area (Å²) in [4.78, 5) is 56.6. The Morgan fingerprint density at radius 3 is 2.07 bits per heavy atom. The van der Waals surface area contributed by atoms with Crippen molar-refractivity contribution in [2.75, 3.05) is 4.90 Å². The van der Waals surface area contributed by atoms with Crippen molar-refractivity contribution in [1.82, 2.24) is 0 Å². The molecule has 1 fully saturated rings. The van der Waals surface area contributed by atoms with Gasteiger partial charge in [0.2, 0.25) is 0 Å². The van der Waals surface area contributed by atoms with E-state index in [0.29, 0.717) is 16.7 Å². The van der Waals surface area contributed by atoms with Crippen LogP contribution in [0.2, 0.25) is 0 Å². The van der Waals surface area contributed by atoms with E-state index < -0.39 is 28.3 Å². The van der Waals surface area contributed by atoms with Crippen LogP contribution in [0.5, 0.6) is 0 Å². The number of nitrogens with zero attached hydrogens (tertiary/aromatic N) is 2. The number of anilines is 1. The van der Waals surface area contributed by atoms with Gasteiger partial charge in [-0.2, -0.15) is 0 Å². The van der Waals surface area contributed by atoms with Gasteiger partial charge in [-0.15, -0.1) is 0 Å². The first-order valence-electron chi connectivity index (χ1n) is 13.4. The molecular formula is C34H24N2O5. The van der Waals surface area contributed by atoms with Crippen LogP contribution < -0.4 is 4.90 Å². The summed E-state index contributed by atoms with van der Waals surface area (Å²) in [7, 11) is 0. The standard InChI is InChI=1S/C34H24N2O5/c1-20-10-12-22(13-11-20)29-30(31(37)23-14-17-24(18-15-23)36(40)41)35-27-9-5-2-6-21(27)16-19-28(35)34(29)32(38)25-7-3-4-8-26(25)33(34)39/h2-19,28-30H,1H3/t28-,29+,30-/m0/s1. The first-order valence-corrected chi connectivity index (χ1v) is 13.4. The summed E-state index contributed by atoms with van der Waals surface area (Å²) in [5, 5.41) is 11.3. The second kappa shape index (κ2) is 8.93. The normalized spacial score (nSPS) is 21.5. The molecular weight excluding hydrogens is 516 g/mol. The van der Waals surface area contributed by atoms with E-state index in [9.17, 15) is 24.5 Å². The van der Waals surface area contributed by atoms with Crippen molar-refractivity contribution in [1.29, 1.82) is 0 Å². The minimum absolute atomic E-state index is 0.125. The van der Waals surface area contributed by atoms with Crippen molar-refractivity contribution < 1.29 is 19.3 Å². The summed E-state index contributed by atoms with van der Waals surface area (Å²) in [5.41, 5.74) is 2.65. The lowest BCUT2D eigenvalue weighted by Gasteiger charge is -2.37. The van der Waals surface area contributed by atoms with Crippen LogP contribution in [-0.2, 0) is 0 Å². The highest BCUT2D eigenvalue weighted by Gasteiger charge is 2.71. The van der Waals surface area contributed by atoms with Crippen LogP contribution in [0.4, 0.5) is 11.4 Å². The lowest BCUT2D eigenvalue weighted by Crippen LogP contribution is -2.48. The van der Waals surface area contributed by atoms with Gasteiger partial charge >= 0.3 is 0 Å². The number of Topliss-reactive ketones (excluding diaryl/α,β-unsaturated/α-hetero) is 3. The van der Waals surface area contributed by atoms with Gasteiger partial charge in [-0.25, -0.2) is 0 Å². The molecule has 3 atom stereocenters. The number of hydrogen-bond acceptors (Lipinski definition) is 6. The van der Waals surface area contributed by atoms with Gasteiger partial charge in [-0.3, -0.25) is 24.5 Å². The Morgan fingerprint density at radius 1 is 0.829 bits per heavy atom. The molecule has 7 nitrogen and oxygen atoms in total. The Kier molecular flexibility index (Phi) is 5.41. The van der Waals surface area contributed by atoms with Gasteiger partial charge in [0.1, 0.15) is 11.5 Å². The molecule has 0 radical (unpaired) electrons. The van der Waals surface area contributed by atoms with Crippen LogP contribution >= 0.6 is 0 Å². The van der Waals surface area contributed by atoms with Crippen LogP contribution in [0.3, 0.4) is 0 Å². The van der Waals surface area contributed by atoms with Crippen LogP contribution in [0.1, 0.15) is 53.7 Å². The largest absolute Gasteiger partial charge is 0.352 e. The molecule has 0 amide bonds. The van der Waals surface area contributed by atoms with E-state index in [1.807, 2.05) is 72.5 Å². The summed E-state index contributed by atoms with van der Waals surface area (Å²) in [6.45, 7) is 1.96. The van der Waals surface area contributed by atoms with Crippen molar-refractivity contribution >= 4 is 34.8 Å². The van der Waals surface area contributed by atoms with E-state index in [4.69, 9.17) is 0 Å². The number of ketones is 3. The average Bonchev–Trinajstić information content (AvgIpc) is 3.43. The third-order valence-corrected chi connectivity index (χ3v) is 8.78. The molecule has 4 aromatic rings. The molecule has 0 saturated carbocycles. The number of carbonyl (C=O) groups excluding carboxylic acids is 3. The molecule has 0 bridgehead atoms. The summed E-state index contributed by atoms with van der Waals surface area (Å²) < 4.78 is 0. The Morgan fingerprint density at radius 2 is 1.44 bits per heavy atom. The number of carbonyl (C=O) groups is 3. The van der Waals surface area contributed by atoms with Gasteiger partial charge in [0.05, 0.1) is 11.0 Å². The zero-order valence-electron chi connectivity index (χ0n) is 22.1. The fourth-order valence-corrected chi connectivity index (χ4v) is 6.98. The van der Waals surface area contributed by atoms with Crippen molar-refractivity contribution in [2.45, 2.75) is 24.9 Å². The smallest absolute Gasteiger partial charge is 0.269 e. The lowest BCUT2D eigenvalue weighted by molar-refractivity contribution is -0.384. The molecule has 3 aliphatic rings. The Labute approximate surface area is 235 Å². The predicted octanol–water partition coefficient (Wildman–Crippen LogP) is 6.22. The fourth-order valence-electron chi connectivity index (χ4n) is 6.98. The second-order valence-electron chi connectivity index (χ2n) is 10.8. The zero-order valence-corrected chi connectivity index (χ0v) is 22.1. The Bertz CT molecular complexity index is 1770. The number of rotatable bonds is 4. The van der Waals surface area contributed by atoms with Crippen molar-refractivity contribution in [3.8, 4) is 0 Å². The molecule has 1 aliphatic carbocycles. The maximum atomic E-state index is 14.6. The van der Waals surface area contributed by atoms with Gasteiger partial charge in [0.15, 0.2) is 17.3 Å². The molecule has 200 valence electrons. The first-order chi connectivity index (χ1) is 19.8. The zero-order chi connectivity index (χ0) is 28.5. The van der Waals surface area contributed by atoms with Crippen molar-refractivity contribution in [3.63, 3.8) is 0 Å². The topological polar surface area (TPSA) is 97.6 Å². The number of nitro groups is 1. The number of benzene rings is 4. The van der Waals surface area contributed by atoms with Gasteiger partial charge in [-0.05, 0) is 36.2 Å². The fraction of sp³-hybridized carbons (Fsp3) is 0.147. The number of aryl methyl sites for hydroxylation is 1. The monoisotopic (exact) mass is 540 g/mol. The highest BCUT2D eigenvalue weighted by Crippen LogP contribution is 2.60. The molecule has 0 unspecified atom stereocenters. The van der Waals surface area contributed by atoms with Crippen molar-refractivity contribution in [2.24, 2.45) is 5.41 Å². The predicted molar refractivity (Wildman–Crippen MR) is 154 cm³/mol. The number of nitro benzene ring substituents is 1. The number of hydrogen-bond donors (Lipinski definition) is 0. The number of non-ortho nitro benzene ring substituents is 1. The first kappa shape index (κ1) is 24.8. The van der Waals surface area contributed by atoms with Crippen LogP contribution in [-0.4, -0.2) is 34.4 Å². The Hall–Kier alpha value is -5.17. The molecule has 0 N–H and O–H groups in total. The van der Waals surface area contributed by atoms with E-state index in [1.54, 1.807) is 24.3 Å². The summed E-state index contributed by atoms with van der Waals surface area (Å²) in [6, 6.07) is 26.0. The molecule has 7 rings (SSSR count). The molecule has 1 saturated heterocycles. The lowest BCUT2D eigenvalue weighted by atomic mass is 9.64. The molecule has 1 spiro atoms. The maximum Gasteiger partial charge on any atom is 0.269 e. The van der Waals surface area contributed by atoms with Crippen LogP contribution in [0.15, 0.2) is 103 Å². The number of para-hydroxylation sites is 1. The van der Waals surface area contributed by atoms with E-state index in [2.05, 4.69) is 0 Å². The van der Waals surface area contributed by atoms with Crippen LogP contribution in [0.25, 0.3) is 6.08 Å². The van der Waals surface area contributed by atoms with Crippen molar-refractivity contribution in [3.05, 3.63) is 147 Å². The summed E-state index contributed by atoms with van der Waals surface area (Å²) >= 11 is 0. The SMILES string of the molecule is Cc1ccc([C@@H]2[C@@H](C(=O)c3ccc([N+](=O)[O-])cc3)N3c4ccccc4C=C[C@H]3C23C(=O)c2ccccc2C3=O)cc1.